The first kappa shape index (κ1) is 20.3. The zero-order valence-electron chi connectivity index (χ0n) is 16.7. The standard InChI is InChI=1S/C23H23NO5S/c1-2-16-7-9-17(10-8-16)14-24(18-11-12-30(27,28)15-18)23(26)22-13-20(25)19-5-3-4-6-21(19)29-22/h3-10,13,18H,2,11-12,14-15H2,1H3/t18-/m1/s1. The van der Waals surface area contributed by atoms with Gasteiger partial charge in [-0.15, -0.1) is 0 Å². The monoisotopic (exact) mass is 425 g/mol. The molecule has 30 heavy (non-hydrogen) atoms. The Morgan fingerprint density at radius 3 is 2.47 bits per heavy atom. The molecule has 0 bridgehead atoms. The minimum Gasteiger partial charge on any atom is -0.451 e. The third-order valence-electron chi connectivity index (χ3n) is 5.54. The fraction of sp³-hybridized carbons (Fsp3) is 0.304. The topological polar surface area (TPSA) is 84.7 Å². The van der Waals surface area contributed by atoms with Gasteiger partial charge in [0.05, 0.1) is 16.9 Å². The summed E-state index contributed by atoms with van der Waals surface area (Å²) in [6.07, 6.45) is 1.28. The number of amides is 1. The SMILES string of the molecule is CCc1ccc(CN(C(=O)c2cc(=O)c3ccccc3o2)[C@@H]2CCS(=O)(=O)C2)cc1. The lowest BCUT2D eigenvalue weighted by molar-refractivity contribution is 0.0648. The van der Waals surface area contributed by atoms with Crippen LogP contribution in [0.1, 0.15) is 35.0 Å². The highest BCUT2D eigenvalue weighted by molar-refractivity contribution is 7.91. The Morgan fingerprint density at radius 1 is 1.10 bits per heavy atom. The van der Waals surface area contributed by atoms with Crippen molar-refractivity contribution in [2.45, 2.75) is 32.4 Å². The smallest absolute Gasteiger partial charge is 0.290 e. The van der Waals surface area contributed by atoms with Crippen LogP contribution < -0.4 is 5.43 Å². The zero-order valence-corrected chi connectivity index (χ0v) is 17.5. The summed E-state index contributed by atoms with van der Waals surface area (Å²) in [6.45, 7) is 2.31. The number of carbonyl (C=O) groups excluding carboxylic acids is 1. The van der Waals surface area contributed by atoms with Crippen LogP contribution in [0.4, 0.5) is 0 Å². The Labute approximate surface area is 175 Å². The highest BCUT2D eigenvalue weighted by Gasteiger charge is 2.36. The highest BCUT2D eigenvalue weighted by Crippen LogP contribution is 2.23. The Balaban J connectivity index is 1.71. The first-order chi connectivity index (χ1) is 14.4. The van der Waals surface area contributed by atoms with E-state index in [0.717, 1.165) is 12.0 Å². The van der Waals surface area contributed by atoms with E-state index in [-0.39, 0.29) is 29.2 Å². The molecule has 1 aliphatic heterocycles. The summed E-state index contributed by atoms with van der Waals surface area (Å²) < 4.78 is 29.8. The summed E-state index contributed by atoms with van der Waals surface area (Å²) in [4.78, 5) is 27.3. The quantitative estimate of drug-likeness (QED) is 0.627. The Bertz CT molecular complexity index is 1240. The molecule has 6 nitrogen and oxygen atoms in total. The van der Waals surface area contributed by atoms with E-state index in [0.29, 0.717) is 17.4 Å². The summed E-state index contributed by atoms with van der Waals surface area (Å²) in [7, 11) is -3.19. The number of hydrogen-bond donors (Lipinski definition) is 0. The van der Waals surface area contributed by atoms with Crippen molar-refractivity contribution < 1.29 is 17.6 Å². The van der Waals surface area contributed by atoms with Crippen LogP contribution in [-0.2, 0) is 22.8 Å². The van der Waals surface area contributed by atoms with E-state index >= 15 is 0 Å². The minimum absolute atomic E-state index is 0.0535. The molecule has 1 fully saturated rings. The number of benzene rings is 2. The highest BCUT2D eigenvalue weighted by atomic mass is 32.2. The van der Waals surface area contributed by atoms with Crippen LogP contribution in [0.5, 0.6) is 0 Å². The molecule has 0 N–H and O–H groups in total. The van der Waals surface area contributed by atoms with Crippen molar-refractivity contribution >= 4 is 26.7 Å². The van der Waals surface area contributed by atoms with Crippen molar-refractivity contribution in [2.75, 3.05) is 11.5 Å². The van der Waals surface area contributed by atoms with E-state index in [1.165, 1.54) is 16.5 Å². The zero-order chi connectivity index (χ0) is 21.3. The van der Waals surface area contributed by atoms with Crippen molar-refractivity contribution in [3.63, 3.8) is 0 Å². The first-order valence-electron chi connectivity index (χ1n) is 9.98. The van der Waals surface area contributed by atoms with Gasteiger partial charge in [-0.25, -0.2) is 8.42 Å². The number of nitrogens with zero attached hydrogens (tertiary/aromatic N) is 1. The van der Waals surface area contributed by atoms with Crippen LogP contribution >= 0.6 is 0 Å². The predicted octanol–water partition coefficient (Wildman–Crippen LogP) is 3.18. The lowest BCUT2D eigenvalue weighted by Crippen LogP contribution is -2.40. The molecule has 1 saturated heterocycles. The Kier molecular flexibility index (Phi) is 5.47. The average molecular weight is 426 g/mol. The van der Waals surface area contributed by atoms with Crippen molar-refractivity contribution in [2.24, 2.45) is 0 Å². The molecule has 0 radical (unpaired) electrons. The van der Waals surface area contributed by atoms with Gasteiger partial charge < -0.3 is 9.32 Å². The number of fused-ring (bicyclic) bond motifs is 1. The fourth-order valence-corrected chi connectivity index (χ4v) is 5.55. The van der Waals surface area contributed by atoms with E-state index in [1.807, 2.05) is 24.3 Å². The summed E-state index contributed by atoms with van der Waals surface area (Å²) in [5.41, 5.74) is 2.11. The maximum Gasteiger partial charge on any atom is 0.290 e. The lowest BCUT2D eigenvalue weighted by atomic mass is 10.1. The molecule has 1 aliphatic rings. The summed E-state index contributed by atoms with van der Waals surface area (Å²) in [6, 6.07) is 15.4. The fourth-order valence-electron chi connectivity index (χ4n) is 3.82. The summed E-state index contributed by atoms with van der Waals surface area (Å²) in [5, 5.41) is 0.402. The van der Waals surface area contributed by atoms with Crippen molar-refractivity contribution in [3.8, 4) is 0 Å². The molecule has 1 aromatic heterocycles. The van der Waals surface area contributed by atoms with Crippen molar-refractivity contribution in [3.05, 3.63) is 81.7 Å². The second-order valence-corrected chi connectivity index (χ2v) is 9.86. The Morgan fingerprint density at radius 2 is 1.80 bits per heavy atom. The van der Waals surface area contributed by atoms with Crippen LogP contribution in [0.2, 0.25) is 0 Å². The number of rotatable bonds is 5. The molecule has 0 unspecified atom stereocenters. The molecule has 2 aromatic carbocycles. The number of para-hydroxylation sites is 1. The maximum absolute atomic E-state index is 13.4. The molecule has 7 heteroatoms. The Hall–Kier alpha value is -2.93. The van der Waals surface area contributed by atoms with Gasteiger partial charge in [-0.05, 0) is 36.1 Å². The van der Waals surface area contributed by atoms with E-state index in [2.05, 4.69) is 6.92 Å². The van der Waals surface area contributed by atoms with E-state index in [1.54, 1.807) is 24.3 Å². The van der Waals surface area contributed by atoms with Crippen LogP contribution in [0.25, 0.3) is 11.0 Å². The van der Waals surface area contributed by atoms with Crippen molar-refractivity contribution in [1.29, 1.82) is 0 Å². The first-order valence-corrected chi connectivity index (χ1v) is 11.8. The molecule has 4 rings (SSSR count). The van der Waals surface area contributed by atoms with Gasteiger partial charge in [0.15, 0.2) is 21.0 Å². The largest absolute Gasteiger partial charge is 0.451 e. The number of sulfone groups is 1. The van der Waals surface area contributed by atoms with Gasteiger partial charge in [0.2, 0.25) is 0 Å². The lowest BCUT2D eigenvalue weighted by Gasteiger charge is -2.28. The number of carbonyl (C=O) groups is 1. The van der Waals surface area contributed by atoms with Crippen LogP contribution in [-0.4, -0.2) is 36.8 Å². The second-order valence-electron chi connectivity index (χ2n) is 7.63. The van der Waals surface area contributed by atoms with Crippen LogP contribution in [0.3, 0.4) is 0 Å². The van der Waals surface area contributed by atoms with Gasteiger partial charge in [-0.2, -0.15) is 0 Å². The van der Waals surface area contributed by atoms with E-state index in [9.17, 15) is 18.0 Å². The van der Waals surface area contributed by atoms with Gasteiger partial charge in [-0.1, -0.05) is 43.3 Å². The van der Waals surface area contributed by atoms with Gasteiger partial charge >= 0.3 is 0 Å². The molecular weight excluding hydrogens is 402 g/mol. The van der Waals surface area contributed by atoms with Gasteiger partial charge in [0.1, 0.15) is 5.58 Å². The van der Waals surface area contributed by atoms with E-state index in [4.69, 9.17) is 4.42 Å². The molecular formula is C23H23NO5S. The van der Waals surface area contributed by atoms with Gasteiger partial charge in [-0.3, -0.25) is 9.59 Å². The maximum atomic E-state index is 13.4. The number of aryl methyl sites for hydroxylation is 1. The number of hydrogen-bond acceptors (Lipinski definition) is 5. The van der Waals surface area contributed by atoms with E-state index < -0.39 is 21.8 Å². The molecule has 0 aliphatic carbocycles. The molecule has 0 spiro atoms. The minimum atomic E-state index is -3.19. The molecule has 1 amide bonds. The predicted molar refractivity (Wildman–Crippen MR) is 115 cm³/mol. The summed E-state index contributed by atoms with van der Waals surface area (Å²) >= 11 is 0. The van der Waals surface area contributed by atoms with Crippen LogP contribution in [0, 0.1) is 0 Å². The normalized spacial score (nSPS) is 17.8. The molecule has 156 valence electrons. The van der Waals surface area contributed by atoms with Gasteiger partial charge in [0, 0.05) is 18.7 Å². The molecule has 2 heterocycles. The molecule has 3 aromatic rings. The van der Waals surface area contributed by atoms with Crippen LogP contribution in [0.15, 0.2) is 63.8 Å². The average Bonchev–Trinajstić information content (AvgIpc) is 3.11. The third kappa shape index (κ3) is 4.16. The molecule has 0 saturated carbocycles. The van der Waals surface area contributed by atoms with Gasteiger partial charge in [0.25, 0.3) is 5.91 Å². The summed E-state index contributed by atoms with van der Waals surface area (Å²) in [5.74, 6) is -0.575. The third-order valence-corrected chi connectivity index (χ3v) is 7.29. The van der Waals surface area contributed by atoms with Crippen molar-refractivity contribution in [1.82, 2.24) is 4.90 Å². The molecule has 1 atom stereocenters. The second kappa shape index (κ2) is 8.07.